The summed E-state index contributed by atoms with van der Waals surface area (Å²) in [6.07, 6.45) is 0.804. The van der Waals surface area contributed by atoms with Crippen LogP contribution in [0.2, 0.25) is 5.02 Å². The summed E-state index contributed by atoms with van der Waals surface area (Å²) < 4.78 is 4.79. The highest BCUT2D eigenvalue weighted by Crippen LogP contribution is 2.29. The quantitative estimate of drug-likeness (QED) is 0.288. The van der Waals surface area contributed by atoms with Crippen LogP contribution in [-0.4, -0.2) is 30.1 Å². The van der Waals surface area contributed by atoms with Gasteiger partial charge in [-0.25, -0.2) is 4.79 Å². The molecule has 34 heavy (non-hydrogen) atoms. The zero-order valence-corrected chi connectivity index (χ0v) is 20.4. The molecule has 0 fully saturated rings. The number of esters is 1. The molecule has 0 aliphatic carbocycles. The number of anilines is 2. The fourth-order valence-corrected chi connectivity index (χ4v) is 4.36. The van der Waals surface area contributed by atoms with E-state index in [4.69, 9.17) is 16.3 Å². The molecule has 0 spiro atoms. The summed E-state index contributed by atoms with van der Waals surface area (Å²) in [5.41, 5.74) is 2.21. The van der Waals surface area contributed by atoms with Gasteiger partial charge in [-0.1, -0.05) is 48.9 Å². The summed E-state index contributed by atoms with van der Waals surface area (Å²) in [5, 5.41) is 5.96. The number of hydrogen-bond donors (Lipinski definition) is 2. The summed E-state index contributed by atoms with van der Waals surface area (Å²) in [6.45, 7) is 1.92. The molecule has 8 heteroatoms. The summed E-state index contributed by atoms with van der Waals surface area (Å²) in [5.74, 6) is -0.881. The van der Waals surface area contributed by atoms with Crippen LogP contribution < -0.4 is 10.6 Å². The molecule has 0 aromatic heterocycles. The van der Waals surface area contributed by atoms with Crippen molar-refractivity contribution >= 4 is 52.5 Å². The van der Waals surface area contributed by atoms with Crippen LogP contribution >= 0.6 is 23.4 Å². The minimum absolute atomic E-state index is 0.145. The second-order valence-corrected chi connectivity index (χ2v) is 9.13. The average Bonchev–Trinajstić information content (AvgIpc) is 2.84. The first-order valence-electron chi connectivity index (χ1n) is 10.7. The summed E-state index contributed by atoms with van der Waals surface area (Å²) in [7, 11) is 1.30. The monoisotopic (exact) mass is 496 g/mol. The SMILES string of the molecule is CCC(Sc1cccc(NC(=O)Cc2ccc(Cl)cc2)c1)C(=O)Nc1ccccc1C(=O)OC. The van der Waals surface area contributed by atoms with E-state index in [1.54, 1.807) is 42.5 Å². The number of ether oxygens (including phenoxy) is 1. The first-order valence-corrected chi connectivity index (χ1v) is 11.9. The average molecular weight is 497 g/mol. The lowest BCUT2D eigenvalue weighted by Gasteiger charge is -2.16. The van der Waals surface area contributed by atoms with Gasteiger partial charge in [-0.2, -0.15) is 0 Å². The molecule has 3 aromatic rings. The molecule has 1 atom stereocenters. The first kappa shape index (κ1) is 25.3. The number of para-hydroxylation sites is 1. The number of amides is 2. The Bertz CT molecular complexity index is 1170. The van der Waals surface area contributed by atoms with Gasteiger partial charge in [0.1, 0.15) is 0 Å². The van der Waals surface area contributed by atoms with Gasteiger partial charge >= 0.3 is 5.97 Å². The predicted molar refractivity (Wildman–Crippen MR) is 137 cm³/mol. The lowest BCUT2D eigenvalue weighted by atomic mass is 10.1. The van der Waals surface area contributed by atoms with Crippen molar-refractivity contribution in [1.82, 2.24) is 0 Å². The Morgan fingerprint density at radius 1 is 0.971 bits per heavy atom. The Morgan fingerprint density at radius 3 is 2.41 bits per heavy atom. The van der Waals surface area contributed by atoms with Crippen LogP contribution in [-0.2, 0) is 20.7 Å². The molecule has 3 rings (SSSR count). The third-order valence-electron chi connectivity index (χ3n) is 4.93. The normalized spacial score (nSPS) is 11.4. The number of hydrogen-bond acceptors (Lipinski definition) is 5. The van der Waals surface area contributed by atoms with Gasteiger partial charge in [0.25, 0.3) is 0 Å². The molecule has 0 aliphatic heterocycles. The Morgan fingerprint density at radius 2 is 1.71 bits per heavy atom. The van der Waals surface area contributed by atoms with Crippen LogP contribution in [0.4, 0.5) is 11.4 Å². The van der Waals surface area contributed by atoms with Crippen molar-refractivity contribution in [2.75, 3.05) is 17.7 Å². The molecule has 0 saturated carbocycles. The fraction of sp³-hybridized carbons (Fsp3) is 0.192. The number of benzene rings is 3. The Hall–Kier alpha value is -3.29. The Balaban J connectivity index is 1.64. The largest absolute Gasteiger partial charge is 0.465 e. The third-order valence-corrected chi connectivity index (χ3v) is 6.54. The van der Waals surface area contributed by atoms with Gasteiger partial charge in [0, 0.05) is 15.6 Å². The lowest BCUT2D eigenvalue weighted by Crippen LogP contribution is -2.25. The molecule has 176 valence electrons. The van der Waals surface area contributed by atoms with E-state index in [-0.39, 0.29) is 18.2 Å². The zero-order valence-electron chi connectivity index (χ0n) is 18.8. The van der Waals surface area contributed by atoms with Crippen LogP contribution in [0.15, 0.2) is 77.7 Å². The molecule has 0 bridgehead atoms. The number of thioether (sulfide) groups is 1. The first-order chi connectivity index (χ1) is 16.4. The summed E-state index contributed by atoms with van der Waals surface area (Å²) in [6, 6.07) is 21.2. The number of carbonyl (C=O) groups is 3. The van der Waals surface area contributed by atoms with Gasteiger partial charge < -0.3 is 15.4 Å². The number of carbonyl (C=O) groups excluding carboxylic acids is 3. The van der Waals surface area contributed by atoms with E-state index in [0.717, 1.165) is 10.5 Å². The van der Waals surface area contributed by atoms with Gasteiger partial charge in [-0.15, -0.1) is 11.8 Å². The van der Waals surface area contributed by atoms with Crippen LogP contribution in [0.25, 0.3) is 0 Å². The molecule has 1 unspecified atom stereocenters. The number of rotatable bonds is 9. The molecule has 3 aromatic carbocycles. The van der Waals surface area contributed by atoms with Gasteiger partial charge in [-0.3, -0.25) is 9.59 Å². The molecule has 0 aliphatic rings. The molecule has 0 radical (unpaired) electrons. The van der Waals surface area contributed by atoms with Crippen molar-refractivity contribution in [3.8, 4) is 0 Å². The maximum Gasteiger partial charge on any atom is 0.339 e. The van der Waals surface area contributed by atoms with Crippen molar-refractivity contribution in [1.29, 1.82) is 0 Å². The molecule has 0 saturated heterocycles. The standard InChI is InChI=1S/C26H25ClN2O4S/c1-3-23(25(31)29-22-10-5-4-9-21(22)26(32)33-2)34-20-8-6-7-19(16-20)28-24(30)15-17-11-13-18(27)14-12-17/h4-14,16,23H,3,15H2,1-2H3,(H,28,30)(H,29,31). The minimum atomic E-state index is -0.515. The van der Waals surface area contributed by atoms with E-state index in [1.165, 1.54) is 18.9 Å². The third kappa shape index (κ3) is 7.10. The van der Waals surface area contributed by atoms with Gasteiger partial charge in [0.15, 0.2) is 0 Å². The molecule has 2 N–H and O–H groups in total. The van der Waals surface area contributed by atoms with Crippen LogP contribution in [0.1, 0.15) is 29.3 Å². The van der Waals surface area contributed by atoms with E-state index in [1.807, 2.05) is 37.3 Å². The minimum Gasteiger partial charge on any atom is -0.465 e. The highest BCUT2D eigenvalue weighted by atomic mass is 35.5. The van der Waals surface area contributed by atoms with Gasteiger partial charge in [0.05, 0.1) is 30.0 Å². The fourth-order valence-electron chi connectivity index (χ4n) is 3.22. The molecule has 2 amide bonds. The molecular weight excluding hydrogens is 472 g/mol. The molecule has 6 nitrogen and oxygen atoms in total. The van der Waals surface area contributed by atoms with E-state index in [2.05, 4.69) is 10.6 Å². The van der Waals surface area contributed by atoms with Crippen molar-refractivity contribution in [2.24, 2.45) is 0 Å². The second kappa shape index (κ2) is 12.3. The Kier molecular flexibility index (Phi) is 9.13. The number of nitrogens with one attached hydrogen (secondary N) is 2. The number of halogens is 1. The second-order valence-electron chi connectivity index (χ2n) is 7.42. The lowest BCUT2D eigenvalue weighted by molar-refractivity contribution is -0.116. The van der Waals surface area contributed by atoms with E-state index in [9.17, 15) is 14.4 Å². The maximum atomic E-state index is 12.9. The van der Waals surface area contributed by atoms with E-state index in [0.29, 0.717) is 28.4 Å². The summed E-state index contributed by atoms with van der Waals surface area (Å²) in [4.78, 5) is 38.2. The highest BCUT2D eigenvalue weighted by Gasteiger charge is 2.21. The smallest absolute Gasteiger partial charge is 0.339 e. The van der Waals surface area contributed by atoms with E-state index >= 15 is 0 Å². The number of methoxy groups -OCH3 is 1. The van der Waals surface area contributed by atoms with Crippen LogP contribution in [0.5, 0.6) is 0 Å². The van der Waals surface area contributed by atoms with E-state index < -0.39 is 11.2 Å². The van der Waals surface area contributed by atoms with Crippen molar-refractivity contribution in [3.63, 3.8) is 0 Å². The van der Waals surface area contributed by atoms with Crippen molar-refractivity contribution in [3.05, 3.63) is 88.9 Å². The predicted octanol–water partition coefficient (Wildman–Crippen LogP) is 5.82. The van der Waals surface area contributed by atoms with Crippen molar-refractivity contribution < 1.29 is 19.1 Å². The van der Waals surface area contributed by atoms with Crippen molar-refractivity contribution in [2.45, 2.75) is 29.9 Å². The maximum absolute atomic E-state index is 12.9. The topological polar surface area (TPSA) is 84.5 Å². The molecular formula is C26H25ClN2O4S. The highest BCUT2D eigenvalue weighted by molar-refractivity contribution is 8.00. The van der Waals surface area contributed by atoms with Gasteiger partial charge in [-0.05, 0) is 54.4 Å². The Labute approximate surface area is 208 Å². The zero-order chi connectivity index (χ0) is 24.5. The molecule has 0 heterocycles. The van der Waals surface area contributed by atoms with Crippen LogP contribution in [0.3, 0.4) is 0 Å². The van der Waals surface area contributed by atoms with Crippen LogP contribution in [0, 0.1) is 0 Å². The summed E-state index contributed by atoms with van der Waals surface area (Å²) >= 11 is 7.28. The van der Waals surface area contributed by atoms with Gasteiger partial charge in [0.2, 0.25) is 11.8 Å².